The van der Waals surface area contributed by atoms with Crippen molar-refractivity contribution in [3.05, 3.63) is 28.8 Å². The van der Waals surface area contributed by atoms with Crippen LogP contribution in [0.25, 0.3) is 0 Å². The van der Waals surface area contributed by atoms with E-state index in [0.717, 1.165) is 24.4 Å². The first-order valence-corrected chi connectivity index (χ1v) is 7.21. The van der Waals surface area contributed by atoms with Crippen molar-refractivity contribution in [3.8, 4) is 5.75 Å². The number of halogens is 1. The van der Waals surface area contributed by atoms with Crippen LogP contribution in [0.15, 0.2) is 18.2 Å². The van der Waals surface area contributed by atoms with Crippen LogP contribution in [0.5, 0.6) is 5.75 Å². The number of ether oxygens (including phenoxy) is 1. The van der Waals surface area contributed by atoms with Crippen LogP contribution < -0.4 is 4.74 Å². The van der Waals surface area contributed by atoms with Crippen molar-refractivity contribution < 1.29 is 14.6 Å². The number of likely N-dealkylation sites (tertiary alicyclic amines) is 1. The summed E-state index contributed by atoms with van der Waals surface area (Å²) >= 11 is 6.07. The van der Waals surface area contributed by atoms with Gasteiger partial charge in [-0.15, -0.1) is 0 Å². The van der Waals surface area contributed by atoms with Gasteiger partial charge in [0.1, 0.15) is 5.75 Å². The number of carboxylic acid groups (broad SMARTS) is 1. The summed E-state index contributed by atoms with van der Waals surface area (Å²) in [5, 5.41) is 9.73. The third kappa shape index (κ3) is 3.25. The van der Waals surface area contributed by atoms with Crippen LogP contribution in [0.4, 0.5) is 0 Å². The molecule has 1 aliphatic rings. The Hall–Kier alpha value is -1.26. The van der Waals surface area contributed by atoms with Gasteiger partial charge in [-0.25, -0.2) is 0 Å². The van der Waals surface area contributed by atoms with Crippen molar-refractivity contribution in [2.45, 2.75) is 25.8 Å². The van der Waals surface area contributed by atoms with Crippen LogP contribution in [-0.4, -0.2) is 36.2 Å². The Balaban J connectivity index is 2.10. The molecular formula is C15H20ClNO3. The predicted molar refractivity (Wildman–Crippen MR) is 78.4 cm³/mol. The molecule has 0 spiro atoms. The average molecular weight is 298 g/mol. The SMILES string of the molecule is COc1ccc(Cl)cc1C(C)N1CCC(C(=O)O)CC1. The van der Waals surface area contributed by atoms with Crippen LogP contribution in [0.3, 0.4) is 0 Å². The number of nitrogens with zero attached hydrogens (tertiary/aromatic N) is 1. The largest absolute Gasteiger partial charge is 0.496 e. The lowest BCUT2D eigenvalue weighted by molar-refractivity contribution is -0.143. The summed E-state index contributed by atoms with van der Waals surface area (Å²) in [6.45, 7) is 3.68. The number of methoxy groups -OCH3 is 1. The molecule has 1 aliphatic heterocycles. The number of carbonyl (C=O) groups is 1. The molecule has 0 amide bonds. The van der Waals surface area contributed by atoms with E-state index in [1.54, 1.807) is 7.11 Å². The molecule has 20 heavy (non-hydrogen) atoms. The number of piperidine rings is 1. The number of carboxylic acids is 1. The summed E-state index contributed by atoms with van der Waals surface area (Å²) in [6.07, 6.45) is 1.39. The maximum atomic E-state index is 11.0. The molecule has 1 aromatic rings. The minimum absolute atomic E-state index is 0.165. The monoisotopic (exact) mass is 297 g/mol. The van der Waals surface area contributed by atoms with Gasteiger partial charge < -0.3 is 9.84 Å². The number of aliphatic carboxylic acids is 1. The van der Waals surface area contributed by atoms with E-state index in [2.05, 4.69) is 11.8 Å². The minimum Gasteiger partial charge on any atom is -0.496 e. The summed E-state index contributed by atoms with van der Waals surface area (Å²) in [7, 11) is 1.65. The Labute approximate surface area is 124 Å². The summed E-state index contributed by atoms with van der Waals surface area (Å²) < 4.78 is 5.39. The van der Waals surface area contributed by atoms with Gasteiger partial charge in [0.15, 0.2) is 0 Å². The molecule has 110 valence electrons. The van der Waals surface area contributed by atoms with Crippen LogP contribution in [0, 0.1) is 5.92 Å². The number of rotatable bonds is 4. The normalized spacial score (nSPS) is 18.8. The van der Waals surface area contributed by atoms with Crippen molar-refractivity contribution in [2.24, 2.45) is 5.92 Å². The van der Waals surface area contributed by atoms with Gasteiger partial charge in [-0.3, -0.25) is 9.69 Å². The van der Waals surface area contributed by atoms with Gasteiger partial charge in [0.2, 0.25) is 0 Å². The van der Waals surface area contributed by atoms with E-state index in [-0.39, 0.29) is 12.0 Å². The van der Waals surface area contributed by atoms with Gasteiger partial charge >= 0.3 is 5.97 Å². The quantitative estimate of drug-likeness (QED) is 0.927. The first kappa shape index (κ1) is 15.1. The highest BCUT2D eigenvalue weighted by molar-refractivity contribution is 6.30. The van der Waals surface area contributed by atoms with Gasteiger partial charge in [0.05, 0.1) is 13.0 Å². The standard InChI is InChI=1S/C15H20ClNO3/c1-10(13-9-12(16)3-4-14(13)20-2)17-7-5-11(6-8-17)15(18)19/h3-4,9-11H,5-8H2,1-2H3,(H,18,19). The van der Waals surface area contributed by atoms with E-state index in [1.165, 1.54) is 0 Å². The third-order valence-corrected chi connectivity index (χ3v) is 4.30. The number of benzene rings is 1. The molecule has 5 heteroatoms. The van der Waals surface area contributed by atoms with E-state index in [0.29, 0.717) is 17.9 Å². The highest BCUT2D eigenvalue weighted by atomic mass is 35.5. The van der Waals surface area contributed by atoms with Gasteiger partial charge in [-0.1, -0.05) is 11.6 Å². The molecule has 0 aromatic heterocycles. The Kier molecular flexibility index (Phi) is 4.89. The van der Waals surface area contributed by atoms with Crippen LogP contribution in [-0.2, 0) is 4.79 Å². The summed E-state index contributed by atoms with van der Waals surface area (Å²) in [5.41, 5.74) is 1.05. The second-order valence-corrected chi connectivity index (χ2v) is 5.65. The van der Waals surface area contributed by atoms with E-state index in [9.17, 15) is 4.79 Å². The van der Waals surface area contributed by atoms with E-state index < -0.39 is 5.97 Å². The second kappa shape index (κ2) is 6.46. The molecule has 2 rings (SSSR count). The lowest BCUT2D eigenvalue weighted by Crippen LogP contribution is -2.37. The topological polar surface area (TPSA) is 49.8 Å². The molecule has 1 unspecified atom stereocenters. The molecule has 1 fully saturated rings. The van der Waals surface area contributed by atoms with E-state index in [1.807, 2.05) is 18.2 Å². The van der Waals surface area contributed by atoms with Gasteiger partial charge in [-0.05, 0) is 51.1 Å². The first-order valence-electron chi connectivity index (χ1n) is 6.83. The lowest BCUT2D eigenvalue weighted by Gasteiger charge is -2.35. The van der Waals surface area contributed by atoms with Gasteiger partial charge in [-0.2, -0.15) is 0 Å². The fourth-order valence-electron chi connectivity index (χ4n) is 2.76. The summed E-state index contributed by atoms with van der Waals surface area (Å²) in [5.74, 6) is -0.0698. The zero-order chi connectivity index (χ0) is 14.7. The summed E-state index contributed by atoms with van der Waals surface area (Å²) in [6, 6.07) is 5.78. The Bertz CT molecular complexity index is 484. The van der Waals surface area contributed by atoms with E-state index >= 15 is 0 Å². The Morgan fingerprint density at radius 2 is 2.10 bits per heavy atom. The summed E-state index contributed by atoms with van der Waals surface area (Å²) in [4.78, 5) is 13.3. The van der Waals surface area contributed by atoms with Gasteiger partial charge in [0, 0.05) is 16.6 Å². The van der Waals surface area contributed by atoms with Crippen molar-refractivity contribution in [1.82, 2.24) is 4.90 Å². The molecule has 1 atom stereocenters. The maximum absolute atomic E-state index is 11.0. The van der Waals surface area contributed by atoms with Crippen LogP contribution in [0.1, 0.15) is 31.4 Å². The smallest absolute Gasteiger partial charge is 0.306 e. The molecule has 1 saturated heterocycles. The number of hydrogen-bond donors (Lipinski definition) is 1. The van der Waals surface area contributed by atoms with Crippen molar-refractivity contribution in [1.29, 1.82) is 0 Å². The lowest BCUT2D eigenvalue weighted by atomic mass is 9.94. The van der Waals surface area contributed by atoms with E-state index in [4.69, 9.17) is 21.4 Å². The molecule has 1 aromatic carbocycles. The van der Waals surface area contributed by atoms with Crippen LogP contribution in [0.2, 0.25) is 5.02 Å². The first-order chi connectivity index (χ1) is 9.52. The molecule has 0 radical (unpaired) electrons. The van der Waals surface area contributed by atoms with Gasteiger partial charge in [0.25, 0.3) is 0 Å². The molecule has 4 nitrogen and oxygen atoms in total. The second-order valence-electron chi connectivity index (χ2n) is 5.21. The molecular weight excluding hydrogens is 278 g/mol. The highest BCUT2D eigenvalue weighted by Crippen LogP contribution is 2.33. The average Bonchev–Trinajstić information content (AvgIpc) is 2.46. The predicted octanol–water partition coefficient (Wildman–Crippen LogP) is 3.21. The maximum Gasteiger partial charge on any atom is 0.306 e. The highest BCUT2D eigenvalue weighted by Gasteiger charge is 2.28. The fraction of sp³-hybridized carbons (Fsp3) is 0.533. The molecule has 1 N–H and O–H groups in total. The third-order valence-electron chi connectivity index (χ3n) is 4.07. The fourth-order valence-corrected chi connectivity index (χ4v) is 2.94. The van der Waals surface area contributed by atoms with Crippen LogP contribution >= 0.6 is 11.6 Å². The Morgan fingerprint density at radius 1 is 1.45 bits per heavy atom. The minimum atomic E-state index is -0.683. The number of hydrogen-bond acceptors (Lipinski definition) is 3. The van der Waals surface area contributed by atoms with Crippen molar-refractivity contribution >= 4 is 17.6 Å². The molecule has 0 aliphatic carbocycles. The molecule has 0 saturated carbocycles. The molecule has 1 heterocycles. The zero-order valence-electron chi connectivity index (χ0n) is 11.8. The van der Waals surface area contributed by atoms with Crippen molar-refractivity contribution in [2.75, 3.05) is 20.2 Å². The zero-order valence-corrected chi connectivity index (χ0v) is 12.6. The Morgan fingerprint density at radius 3 is 2.65 bits per heavy atom. The van der Waals surface area contributed by atoms with Crippen molar-refractivity contribution in [3.63, 3.8) is 0 Å². The molecule has 0 bridgehead atoms.